The summed E-state index contributed by atoms with van der Waals surface area (Å²) < 4.78 is 42.4. The number of aromatic nitrogens is 3. The normalized spacial score (nSPS) is 15.7. The second kappa shape index (κ2) is 7.71. The summed E-state index contributed by atoms with van der Waals surface area (Å²) >= 11 is 6.02. The number of halogens is 4. The van der Waals surface area contributed by atoms with E-state index >= 15 is 0 Å². The van der Waals surface area contributed by atoms with Crippen molar-refractivity contribution in [1.29, 1.82) is 0 Å². The van der Waals surface area contributed by atoms with E-state index in [9.17, 15) is 22.8 Å². The Balaban J connectivity index is 1.82. The Morgan fingerprint density at radius 3 is 2.65 bits per heavy atom. The second-order valence-corrected chi connectivity index (χ2v) is 8.34. The minimum atomic E-state index is -4.93. The molecule has 4 rings (SSSR count). The van der Waals surface area contributed by atoms with Crippen LogP contribution in [0.5, 0.6) is 0 Å². The number of benzene rings is 1. The first-order valence-electron chi connectivity index (χ1n) is 9.86. The maximum Gasteiger partial charge on any atom is 0.421 e. The van der Waals surface area contributed by atoms with Crippen LogP contribution in [0.3, 0.4) is 0 Å². The van der Waals surface area contributed by atoms with Gasteiger partial charge in [0.25, 0.3) is 11.5 Å². The average molecular weight is 453 g/mol. The van der Waals surface area contributed by atoms with E-state index in [2.05, 4.69) is 15.4 Å². The van der Waals surface area contributed by atoms with E-state index in [0.717, 1.165) is 29.3 Å². The number of aromatic amines is 1. The number of amides is 1. The van der Waals surface area contributed by atoms with E-state index < -0.39 is 34.4 Å². The van der Waals surface area contributed by atoms with Crippen LogP contribution in [0.1, 0.15) is 47.8 Å². The van der Waals surface area contributed by atoms with Crippen molar-refractivity contribution in [2.45, 2.75) is 45.3 Å². The van der Waals surface area contributed by atoms with Gasteiger partial charge in [0.15, 0.2) is 5.69 Å². The van der Waals surface area contributed by atoms with Gasteiger partial charge in [0.1, 0.15) is 11.1 Å². The van der Waals surface area contributed by atoms with Crippen LogP contribution in [0.2, 0.25) is 5.02 Å². The molecule has 1 aliphatic carbocycles. The molecule has 1 saturated carbocycles. The topological polar surface area (TPSA) is 79.3 Å². The minimum Gasteiger partial charge on any atom is -0.348 e. The smallest absolute Gasteiger partial charge is 0.348 e. The third-order valence-electron chi connectivity index (χ3n) is 5.81. The number of alkyl halides is 3. The minimum absolute atomic E-state index is 0.235. The highest BCUT2D eigenvalue weighted by Gasteiger charge is 2.42. The molecule has 1 aromatic carbocycles. The Labute approximate surface area is 180 Å². The van der Waals surface area contributed by atoms with E-state index in [1.54, 1.807) is 32.0 Å². The number of carbonyl (C=O) groups excluding carboxylic acids is 1. The average Bonchev–Trinajstić information content (AvgIpc) is 3.03. The van der Waals surface area contributed by atoms with Gasteiger partial charge in [-0.1, -0.05) is 24.1 Å². The van der Waals surface area contributed by atoms with Crippen LogP contribution >= 0.6 is 11.6 Å². The molecule has 31 heavy (non-hydrogen) atoms. The predicted octanol–water partition coefficient (Wildman–Crippen LogP) is 4.59. The first-order chi connectivity index (χ1) is 14.6. The van der Waals surface area contributed by atoms with Gasteiger partial charge in [-0.3, -0.25) is 9.59 Å². The Morgan fingerprint density at radius 2 is 2.06 bits per heavy atom. The number of rotatable bonds is 4. The molecule has 2 heterocycles. The Morgan fingerprint density at radius 1 is 1.35 bits per heavy atom. The first kappa shape index (κ1) is 21.4. The number of H-pyrrole nitrogens is 1. The van der Waals surface area contributed by atoms with E-state index in [1.165, 1.54) is 6.20 Å². The number of hydrogen-bond acceptors (Lipinski definition) is 3. The highest BCUT2D eigenvalue weighted by Crippen LogP contribution is 2.35. The van der Waals surface area contributed by atoms with Gasteiger partial charge in [-0.2, -0.15) is 18.3 Å². The van der Waals surface area contributed by atoms with Crippen LogP contribution in [0.15, 0.2) is 29.2 Å². The van der Waals surface area contributed by atoms with Crippen molar-refractivity contribution in [1.82, 2.24) is 19.9 Å². The number of nitrogens with one attached hydrogen (secondary N) is 2. The van der Waals surface area contributed by atoms with Crippen LogP contribution in [-0.2, 0) is 6.18 Å². The Hall–Kier alpha value is -2.81. The standard InChI is InChI=1S/C21H20ClF3N4O2/c1-10-8-13(6-7-14(10)22)15-9-29-18(20(31)27-15)16(21(23,24)25)17(28-29)19(30)26-11(2)12-4-3-5-12/h6-9,11-12H,3-5H2,1-2H3,(H,26,30)(H,27,31). The van der Waals surface area contributed by atoms with Gasteiger partial charge in [0.2, 0.25) is 0 Å². The van der Waals surface area contributed by atoms with Crippen LogP contribution in [-0.4, -0.2) is 26.5 Å². The van der Waals surface area contributed by atoms with E-state index in [0.29, 0.717) is 10.6 Å². The molecule has 1 aliphatic rings. The van der Waals surface area contributed by atoms with Gasteiger partial charge in [0, 0.05) is 11.1 Å². The number of aryl methyl sites for hydroxylation is 1. The Bertz CT molecular complexity index is 1230. The molecule has 1 unspecified atom stereocenters. The highest BCUT2D eigenvalue weighted by atomic mass is 35.5. The van der Waals surface area contributed by atoms with Crippen molar-refractivity contribution >= 4 is 23.0 Å². The molecule has 0 saturated heterocycles. The van der Waals surface area contributed by atoms with Crippen LogP contribution in [0.4, 0.5) is 13.2 Å². The zero-order valence-electron chi connectivity index (χ0n) is 16.8. The summed E-state index contributed by atoms with van der Waals surface area (Å²) in [7, 11) is 0. The Kier molecular flexibility index (Phi) is 5.33. The van der Waals surface area contributed by atoms with Crippen LogP contribution in [0.25, 0.3) is 16.8 Å². The highest BCUT2D eigenvalue weighted by molar-refractivity contribution is 6.31. The molecule has 1 fully saturated rings. The fourth-order valence-electron chi connectivity index (χ4n) is 3.80. The molecule has 2 N–H and O–H groups in total. The van der Waals surface area contributed by atoms with Gasteiger partial charge in [-0.05, 0) is 55.9 Å². The van der Waals surface area contributed by atoms with Crippen LogP contribution < -0.4 is 10.9 Å². The van der Waals surface area contributed by atoms with E-state index in [1.807, 2.05) is 0 Å². The largest absolute Gasteiger partial charge is 0.421 e. The molecule has 0 radical (unpaired) electrons. The SMILES string of the molecule is Cc1cc(-c2cn3nc(C(=O)NC(C)C4CCC4)c(C(F)(F)F)c3c(=O)[nH]2)ccc1Cl. The molecule has 10 heteroatoms. The lowest BCUT2D eigenvalue weighted by atomic mass is 9.80. The zero-order chi connectivity index (χ0) is 22.5. The monoisotopic (exact) mass is 452 g/mol. The van der Waals surface area contributed by atoms with E-state index in [-0.39, 0.29) is 17.7 Å². The van der Waals surface area contributed by atoms with Gasteiger partial charge < -0.3 is 10.3 Å². The third-order valence-corrected chi connectivity index (χ3v) is 6.23. The number of hydrogen-bond donors (Lipinski definition) is 2. The third kappa shape index (κ3) is 3.94. The molecule has 0 bridgehead atoms. The van der Waals surface area contributed by atoms with Crippen molar-refractivity contribution in [2.24, 2.45) is 5.92 Å². The molecule has 0 spiro atoms. The molecule has 164 valence electrons. The summed E-state index contributed by atoms with van der Waals surface area (Å²) in [4.78, 5) is 27.8. The van der Waals surface area contributed by atoms with Crippen molar-refractivity contribution in [3.05, 3.63) is 56.6 Å². The molecular formula is C21H20ClF3N4O2. The fraction of sp³-hybridized carbons (Fsp3) is 0.381. The van der Waals surface area contributed by atoms with Crippen molar-refractivity contribution in [2.75, 3.05) is 0 Å². The molecule has 0 aliphatic heterocycles. The van der Waals surface area contributed by atoms with Gasteiger partial charge in [0.05, 0.1) is 11.9 Å². The fourth-order valence-corrected chi connectivity index (χ4v) is 3.92. The lowest BCUT2D eigenvalue weighted by Gasteiger charge is -2.31. The van der Waals surface area contributed by atoms with Gasteiger partial charge >= 0.3 is 6.18 Å². The predicted molar refractivity (Wildman–Crippen MR) is 110 cm³/mol. The molecule has 6 nitrogen and oxygen atoms in total. The maximum atomic E-state index is 13.8. The summed E-state index contributed by atoms with van der Waals surface area (Å²) in [6, 6.07) is 4.67. The van der Waals surface area contributed by atoms with Crippen LogP contribution in [0, 0.1) is 12.8 Å². The van der Waals surface area contributed by atoms with Gasteiger partial charge in [-0.25, -0.2) is 4.52 Å². The molecule has 2 aromatic heterocycles. The zero-order valence-corrected chi connectivity index (χ0v) is 17.6. The molecule has 1 atom stereocenters. The van der Waals surface area contributed by atoms with Crippen molar-refractivity contribution in [3.8, 4) is 11.3 Å². The van der Waals surface area contributed by atoms with Gasteiger partial charge in [-0.15, -0.1) is 0 Å². The summed E-state index contributed by atoms with van der Waals surface area (Å²) in [6.07, 6.45) is -0.791. The lowest BCUT2D eigenvalue weighted by molar-refractivity contribution is -0.136. The number of fused-ring (bicyclic) bond motifs is 1. The first-order valence-corrected chi connectivity index (χ1v) is 10.2. The molecular weight excluding hydrogens is 433 g/mol. The summed E-state index contributed by atoms with van der Waals surface area (Å²) in [5.41, 5.74) is -2.32. The quantitative estimate of drug-likeness (QED) is 0.607. The molecule has 1 amide bonds. The van der Waals surface area contributed by atoms with E-state index in [4.69, 9.17) is 11.6 Å². The summed E-state index contributed by atoms with van der Waals surface area (Å²) in [5.74, 6) is -0.711. The number of carbonyl (C=O) groups is 1. The summed E-state index contributed by atoms with van der Waals surface area (Å²) in [5, 5.41) is 6.99. The van der Waals surface area contributed by atoms with Crippen molar-refractivity contribution < 1.29 is 18.0 Å². The summed E-state index contributed by atoms with van der Waals surface area (Å²) in [6.45, 7) is 3.53. The van der Waals surface area contributed by atoms with Crippen molar-refractivity contribution in [3.63, 3.8) is 0 Å². The molecule has 3 aromatic rings. The number of nitrogens with zero attached hydrogens (tertiary/aromatic N) is 2. The lowest BCUT2D eigenvalue weighted by Crippen LogP contribution is -2.41. The maximum absolute atomic E-state index is 13.8. The second-order valence-electron chi connectivity index (χ2n) is 7.93.